The van der Waals surface area contributed by atoms with E-state index >= 15 is 0 Å². The van der Waals surface area contributed by atoms with E-state index in [9.17, 15) is 0 Å². The van der Waals surface area contributed by atoms with Gasteiger partial charge in [0.1, 0.15) is 0 Å². The molecule has 0 fully saturated rings. The van der Waals surface area contributed by atoms with E-state index in [0.717, 1.165) is 10.5 Å². The zero-order valence-electron chi connectivity index (χ0n) is 7.16. The molecule has 1 heterocycles. The van der Waals surface area contributed by atoms with Gasteiger partial charge in [0.05, 0.1) is 15.2 Å². The highest BCUT2D eigenvalue weighted by Crippen LogP contribution is 2.24. The molecule has 0 amide bonds. The molecule has 2 rings (SSSR count). The fourth-order valence-electron chi connectivity index (χ4n) is 1.23. The van der Waals surface area contributed by atoms with Crippen LogP contribution in [0.15, 0.2) is 18.2 Å². The highest BCUT2D eigenvalue weighted by molar-refractivity contribution is 7.18. The van der Waals surface area contributed by atoms with Crippen LogP contribution in [-0.2, 0) is 0 Å². The van der Waals surface area contributed by atoms with Gasteiger partial charge in [-0.25, -0.2) is 4.98 Å². The summed E-state index contributed by atoms with van der Waals surface area (Å²) in [4.78, 5) is 4.49. The highest BCUT2D eigenvalue weighted by atomic mass is 32.1. The van der Waals surface area contributed by atoms with Gasteiger partial charge in [0, 0.05) is 6.42 Å². The van der Waals surface area contributed by atoms with Crippen LogP contribution in [0.1, 0.15) is 17.5 Å². The minimum absolute atomic E-state index is 1.11. The molecular weight excluding hydrogens is 166 g/mol. The van der Waals surface area contributed by atoms with Crippen LogP contribution in [0.5, 0.6) is 0 Å². The van der Waals surface area contributed by atoms with E-state index in [1.807, 2.05) is 13.3 Å². The summed E-state index contributed by atoms with van der Waals surface area (Å²) in [5.41, 5.74) is 2.41. The topological polar surface area (TPSA) is 12.9 Å². The molecule has 0 aliphatic carbocycles. The normalized spacial score (nSPS) is 10.8. The van der Waals surface area contributed by atoms with E-state index in [0.29, 0.717) is 0 Å². The van der Waals surface area contributed by atoms with Crippen LogP contribution in [-0.4, -0.2) is 4.98 Å². The molecule has 0 bridgehead atoms. The fraction of sp³-hybridized carbons (Fsp3) is 0.200. The minimum Gasteiger partial charge on any atom is -0.241 e. The second-order valence-electron chi connectivity index (χ2n) is 2.76. The van der Waals surface area contributed by atoms with Crippen LogP contribution in [0.4, 0.5) is 0 Å². The average molecular weight is 176 g/mol. The number of aryl methyl sites for hydroxylation is 1. The van der Waals surface area contributed by atoms with Crippen molar-refractivity contribution in [2.24, 2.45) is 0 Å². The summed E-state index contributed by atoms with van der Waals surface area (Å²) in [5, 5.41) is 1.11. The second-order valence-corrected chi connectivity index (χ2v) is 3.82. The number of rotatable bonds is 1. The van der Waals surface area contributed by atoms with Gasteiger partial charge in [-0.1, -0.05) is 19.1 Å². The Hall–Kier alpha value is -0.890. The maximum Gasteiger partial charge on any atom is 0.0973 e. The lowest BCUT2D eigenvalue weighted by atomic mass is 10.2. The van der Waals surface area contributed by atoms with Gasteiger partial charge in [0.15, 0.2) is 0 Å². The van der Waals surface area contributed by atoms with Crippen molar-refractivity contribution in [3.63, 3.8) is 0 Å². The summed E-state index contributed by atoms with van der Waals surface area (Å²) < 4.78 is 1.28. The molecule has 1 aromatic heterocycles. The van der Waals surface area contributed by atoms with Gasteiger partial charge in [-0.3, -0.25) is 0 Å². The predicted octanol–water partition coefficient (Wildman–Crippen LogP) is 3.18. The smallest absolute Gasteiger partial charge is 0.0973 e. The van der Waals surface area contributed by atoms with E-state index in [2.05, 4.69) is 30.1 Å². The van der Waals surface area contributed by atoms with Crippen LogP contribution in [0.2, 0.25) is 0 Å². The molecule has 2 aromatic rings. The van der Waals surface area contributed by atoms with Crippen LogP contribution in [0.3, 0.4) is 0 Å². The average Bonchev–Trinajstić information content (AvgIpc) is 2.49. The summed E-state index contributed by atoms with van der Waals surface area (Å²) in [6.07, 6.45) is 2.05. The fourth-order valence-corrected chi connectivity index (χ4v) is 2.16. The number of fused-ring (bicyclic) bond motifs is 1. The Balaban J connectivity index is 2.74. The predicted molar refractivity (Wildman–Crippen MR) is 53.4 cm³/mol. The molecule has 1 aromatic carbocycles. The number of hydrogen-bond acceptors (Lipinski definition) is 2. The first-order valence-corrected chi connectivity index (χ1v) is 4.78. The van der Waals surface area contributed by atoms with Gasteiger partial charge in [0.25, 0.3) is 0 Å². The minimum atomic E-state index is 1.11. The molecule has 0 N–H and O–H groups in total. The number of nitrogens with zero attached hydrogens (tertiary/aromatic N) is 1. The first-order chi connectivity index (χ1) is 5.81. The number of aromatic nitrogens is 1. The van der Waals surface area contributed by atoms with Crippen molar-refractivity contribution in [2.45, 2.75) is 13.8 Å². The maximum atomic E-state index is 4.49. The molecule has 0 spiro atoms. The van der Waals surface area contributed by atoms with E-state index in [1.165, 1.54) is 10.3 Å². The molecule has 61 valence electrons. The Morgan fingerprint density at radius 3 is 2.92 bits per heavy atom. The first-order valence-electron chi connectivity index (χ1n) is 3.97. The maximum absolute atomic E-state index is 4.49. The van der Waals surface area contributed by atoms with Gasteiger partial charge >= 0.3 is 0 Å². The number of para-hydroxylation sites is 1. The third-order valence-corrected chi connectivity index (χ3v) is 2.97. The summed E-state index contributed by atoms with van der Waals surface area (Å²) in [7, 11) is 0. The van der Waals surface area contributed by atoms with Crippen LogP contribution in [0, 0.1) is 13.3 Å². The third-order valence-electron chi connectivity index (χ3n) is 1.88. The van der Waals surface area contributed by atoms with E-state index in [4.69, 9.17) is 0 Å². The monoisotopic (exact) mass is 176 g/mol. The number of benzene rings is 1. The van der Waals surface area contributed by atoms with Crippen molar-refractivity contribution in [3.05, 3.63) is 35.2 Å². The van der Waals surface area contributed by atoms with Crippen LogP contribution < -0.4 is 0 Å². The molecule has 0 aliphatic rings. The molecule has 0 aliphatic heterocycles. The molecule has 1 radical (unpaired) electrons. The summed E-state index contributed by atoms with van der Waals surface area (Å²) in [6, 6.07) is 6.30. The summed E-state index contributed by atoms with van der Waals surface area (Å²) in [5.74, 6) is 0. The summed E-state index contributed by atoms with van der Waals surface area (Å²) >= 11 is 1.74. The van der Waals surface area contributed by atoms with Gasteiger partial charge in [-0.15, -0.1) is 11.3 Å². The first kappa shape index (κ1) is 7.74. The zero-order chi connectivity index (χ0) is 8.55. The van der Waals surface area contributed by atoms with E-state index in [-0.39, 0.29) is 0 Å². The standard InChI is InChI=1S/C10H10NS/c1-3-9-11-10-7(2)5-4-6-8(10)12-9/h3-6H,1-2H3. The van der Waals surface area contributed by atoms with Crippen molar-refractivity contribution in [1.29, 1.82) is 0 Å². The third kappa shape index (κ3) is 1.12. The summed E-state index contributed by atoms with van der Waals surface area (Å²) in [6.45, 7) is 4.12. The van der Waals surface area contributed by atoms with Crippen molar-refractivity contribution in [3.8, 4) is 0 Å². The molecule has 2 heteroatoms. The Bertz CT molecular complexity index is 403. The van der Waals surface area contributed by atoms with Gasteiger partial charge < -0.3 is 0 Å². The largest absolute Gasteiger partial charge is 0.241 e. The molecular formula is C10H10NS. The van der Waals surface area contributed by atoms with Crippen molar-refractivity contribution in [2.75, 3.05) is 0 Å². The molecule has 0 unspecified atom stereocenters. The molecule has 0 saturated heterocycles. The lowest BCUT2D eigenvalue weighted by molar-refractivity contribution is 1.31. The Labute approximate surface area is 76.1 Å². The van der Waals surface area contributed by atoms with Gasteiger partial charge in [-0.2, -0.15) is 0 Å². The van der Waals surface area contributed by atoms with Crippen LogP contribution in [0.25, 0.3) is 10.2 Å². The molecule has 0 atom stereocenters. The molecule has 1 nitrogen and oxygen atoms in total. The zero-order valence-corrected chi connectivity index (χ0v) is 7.98. The lowest BCUT2D eigenvalue weighted by Gasteiger charge is -1.90. The Kier molecular flexibility index (Phi) is 1.85. The quantitative estimate of drug-likeness (QED) is 0.650. The second kappa shape index (κ2) is 2.87. The van der Waals surface area contributed by atoms with Crippen molar-refractivity contribution >= 4 is 21.6 Å². The van der Waals surface area contributed by atoms with Gasteiger partial charge in [0.2, 0.25) is 0 Å². The van der Waals surface area contributed by atoms with E-state index < -0.39 is 0 Å². The van der Waals surface area contributed by atoms with Gasteiger partial charge in [-0.05, 0) is 18.6 Å². The Morgan fingerprint density at radius 1 is 1.42 bits per heavy atom. The van der Waals surface area contributed by atoms with Crippen molar-refractivity contribution in [1.82, 2.24) is 4.98 Å². The number of thiazole rings is 1. The SMILES string of the molecule is C[CH]c1nc2c(C)cccc2s1. The van der Waals surface area contributed by atoms with Crippen molar-refractivity contribution < 1.29 is 0 Å². The number of hydrogen-bond donors (Lipinski definition) is 0. The lowest BCUT2D eigenvalue weighted by Crippen LogP contribution is -1.76. The van der Waals surface area contributed by atoms with Crippen LogP contribution >= 0.6 is 11.3 Å². The molecule has 12 heavy (non-hydrogen) atoms. The Morgan fingerprint density at radius 2 is 2.25 bits per heavy atom. The highest BCUT2D eigenvalue weighted by Gasteiger charge is 2.02. The molecule has 0 saturated carbocycles. The van der Waals surface area contributed by atoms with E-state index in [1.54, 1.807) is 11.3 Å².